The van der Waals surface area contributed by atoms with Gasteiger partial charge in [0.1, 0.15) is 5.75 Å². The lowest BCUT2D eigenvalue weighted by Gasteiger charge is -2.13. The molecule has 0 aliphatic heterocycles. The van der Waals surface area contributed by atoms with Gasteiger partial charge in [-0.1, -0.05) is 35.5 Å². The number of benzene rings is 2. The summed E-state index contributed by atoms with van der Waals surface area (Å²) >= 11 is 1.41. The van der Waals surface area contributed by atoms with Crippen molar-refractivity contribution in [3.05, 3.63) is 59.7 Å². The van der Waals surface area contributed by atoms with Crippen LogP contribution in [-0.2, 0) is 11.3 Å². The molecule has 0 bridgehead atoms. The minimum atomic E-state index is -0.306. The maximum Gasteiger partial charge on any atom is 0.192 e. The lowest BCUT2D eigenvalue weighted by Crippen LogP contribution is -2.15. The molecule has 0 aliphatic carbocycles. The van der Waals surface area contributed by atoms with Crippen LogP contribution in [0.2, 0.25) is 0 Å². The molecule has 6 nitrogen and oxygen atoms in total. The predicted molar refractivity (Wildman–Crippen MR) is 115 cm³/mol. The zero-order valence-electron chi connectivity index (χ0n) is 17.1. The molecule has 7 heteroatoms. The molecule has 1 heterocycles. The maximum absolute atomic E-state index is 12.9. The Kier molecular flexibility index (Phi) is 7.06. The number of hydrogen-bond acceptors (Lipinski definition) is 6. The predicted octanol–water partition coefficient (Wildman–Crippen LogP) is 4.27. The number of carbonyl (C=O) groups excluding carboxylic acids is 1. The van der Waals surface area contributed by atoms with E-state index in [1.165, 1.54) is 11.8 Å². The average Bonchev–Trinajstić information content (AvgIpc) is 3.14. The van der Waals surface area contributed by atoms with Crippen LogP contribution in [0.25, 0.3) is 11.4 Å². The van der Waals surface area contributed by atoms with E-state index in [0.29, 0.717) is 23.9 Å². The number of ether oxygens (including phenoxy) is 2. The van der Waals surface area contributed by atoms with Gasteiger partial charge in [-0.3, -0.25) is 9.36 Å². The van der Waals surface area contributed by atoms with Gasteiger partial charge >= 0.3 is 0 Å². The summed E-state index contributed by atoms with van der Waals surface area (Å²) in [6.07, 6.45) is 0. The van der Waals surface area contributed by atoms with Gasteiger partial charge in [-0.15, -0.1) is 10.2 Å². The molecule has 0 N–H and O–H groups in total. The standard InChI is InChI=1S/C22H25N3O3S/c1-15-6-5-7-18(14-15)21-23-24-22(25(21)12-13-27-3)29-16(2)20(26)17-8-10-19(28-4)11-9-17/h5-11,14,16H,12-13H2,1-4H3/t16-/m1/s1. The molecular formula is C22H25N3O3S. The molecule has 0 amide bonds. The molecule has 0 aliphatic rings. The van der Waals surface area contributed by atoms with Crippen LogP contribution in [0.15, 0.2) is 53.7 Å². The van der Waals surface area contributed by atoms with E-state index < -0.39 is 0 Å². The quantitative estimate of drug-likeness (QED) is 0.387. The highest BCUT2D eigenvalue weighted by Crippen LogP contribution is 2.29. The number of Topliss-reactive ketones (excluding diaryl/α,β-unsaturated/α-hetero) is 1. The molecule has 0 saturated carbocycles. The molecule has 152 valence electrons. The van der Waals surface area contributed by atoms with Crippen molar-refractivity contribution >= 4 is 17.5 Å². The first-order chi connectivity index (χ1) is 14.0. The van der Waals surface area contributed by atoms with Crippen molar-refractivity contribution in [3.63, 3.8) is 0 Å². The Balaban J connectivity index is 1.84. The van der Waals surface area contributed by atoms with Gasteiger partial charge in [-0.2, -0.15) is 0 Å². The van der Waals surface area contributed by atoms with Crippen LogP contribution in [-0.4, -0.2) is 46.6 Å². The van der Waals surface area contributed by atoms with Crippen LogP contribution >= 0.6 is 11.8 Å². The fraction of sp³-hybridized carbons (Fsp3) is 0.318. The summed E-state index contributed by atoms with van der Waals surface area (Å²) in [7, 11) is 3.27. The second-order valence-electron chi connectivity index (χ2n) is 6.67. The molecule has 1 aromatic heterocycles. The molecule has 0 unspecified atom stereocenters. The monoisotopic (exact) mass is 411 g/mol. The largest absolute Gasteiger partial charge is 0.497 e. The lowest BCUT2D eigenvalue weighted by molar-refractivity contribution is 0.0994. The van der Waals surface area contributed by atoms with Crippen LogP contribution in [0.3, 0.4) is 0 Å². The Morgan fingerprint density at radius 1 is 1.14 bits per heavy atom. The number of thioether (sulfide) groups is 1. The molecule has 0 fully saturated rings. The fourth-order valence-electron chi connectivity index (χ4n) is 2.96. The Morgan fingerprint density at radius 2 is 1.90 bits per heavy atom. The number of ketones is 1. The van der Waals surface area contributed by atoms with Crippen molar-refractivity contribution in [3.8, 4) is 17.1 Å². The second-order valence-corrected chi connectivity index (χ2v) is 7.98. The Morgan fingerprint density at radius 3 is 2.55 bits per heavy atom. The Hall–Kier alpha value is -2.64. The Bertz CT molecular complexity index is 970. The van der Waals surface area contributed by atoms with Gasteiger partial charge in [0, 0.05) is 18.2 Å². The number of rotatable bonds is 9. The molecule has 0 radical (unpaired) electrons. The van der Waals surface area contributed by atoms with E-state index >= 15 is 0 Å². The minimum Gasteiger partial charge on any atom is -0.497 e. The van der Waals surface area contributed by atoms with Crippen molar-refractivity contribution in [1.82, 2.24) is 14.8 Å². The van der Waals surface area contributed by atoms with E-state index in [4.69, 9.17) is 9.47 Å². The van der Waals surface area contributed by atoms with Crippen LogP contribution in [0.1, 0.15) is 22.8 Å². The highest BCUT2D eigenvalue weighted by molar-refractivity contribution is 8.00. The zero-order chi connectivity index (χ0) is 20.8. The highest BCUT2D eigenvalue weighted by Gasteiger charge is 2.22. The van der Waals surface area contributed by atoms with E-state index in [2.05, 4.69) is 16.3 Å². The first-order valence-electron chi connectivity index (χ1n) is 9.37. The summed E-state index contributed by atoms with van der Waals surface area (Å²) in [6, 6.07) is 15.3. The second kappa shape index (κ2) is 9.71. The van der Waals surface area contributed by atoms with Crippen LogP contribution in [0.5, 0.6) is 5.75 Å². The summed E-state index contributed by atoms with van der Waals surface area (Å²) in [5, 5.41) is 9.16. The third-order valence-electron chi connectivity index (χ3n) is 4.54. The smallest absolute Gasteiger partial charge is 0.192 e. The first kappa shape index (κ1) is 21.1. The third kappa shape index (κ3) is 5.05. The molecule has 3 rings (SSSR count). The molecular weight excluding hydrogens is 386 g/mol. The van der Waals surface area contributed by atoms with Crippen molar-refractivity contribution in [2.24, 2.45) is 0 Å². The first-order valence-corrected chi connectivity index (χ1v) is 10.3. The number of carbonyl (C=O) groups is 1. The van der Waals surface area contributed by atoms with E-state index in [-0.39, 0.29) is 11.0 Å². The van der Waals surface area contributed by atoms with Crippen LogP contribution in [0, 0.1) is 6.92 Å². The number of aromatic nitrogens is 3. The summed E-state index contributed by atoms with van der Waals surface area (Å²) in [5.74, 6) is 1.54. The van der Waals surface area contributed by atoms with Gasteiger partial charge < -0.3 is 9.47 Å². The average molecular weight is 412 g/mol. The normalized spacial score (nSPS) is 12.0. The van der Waals surface area contributed by atoms with Crippen molar-refractivity contribution < 1.29 is 14.3 Å². The van der Waals surface area contributed by atoms with Gasteiger partial charge in [0.15, 0.2) is 16.8 Å². The van der Waals surface area contributed by atoms with Crippen molar-refractivity contribution in [2.75, 3.05) is 20.8 Å². The van der Waals surface area contributed by atoms with E-state index in [0.717, 1.165) is 22.7 Å². The minimum absolute atomic E-state index is 0.0380. The van der Waals surface area contributed by atoms with E-state index in [9.17, 15) is 4.79 Å². The third-order valence-corrected chi connectivity index (χ3v) is 5.62. The van der Waals surface area contributed by atoms with Gasteiger partial charge in [-0.25, -0.2) is 0 Å². The summed E-state index contributed by atoms with van der Waals surface area (Å²) in [6.45, 7) is 5.08. The summed E-state index contributed by atoms with van der Waals surface area (Å²) in [5.41, 5.74) is 2.79. The van der Waals surface area contributed by atoms with Gasteiger partial charge in [0.25, 0.3) is 0 Å². The molecule has 29 heavy (non-hydrogen) atoms. The highest BCUT2D eigenvalue weighted by atomic mass is 32.2. The molecule has 0 saturated heterocycles. The fourth-order valence-corrected chi connectivity index (χ4v) is 3.91. The number of nitrogens with zero attached hydrogens (tertiary/aromatic N) is 3. The Labute approximate surface area is 175 Å². The van der Waals surface area contributed by atoms with Crippen LogP contribution < -0.4 is 4.74 Å². The SMILES string of the molecule is COCCn1c(S[C@H](C)C(=O)c2ccc(OC)cc2)nnc1-c1cccc(C)c1. The molecule has 1 atom stereocenters. The zero-order valence-corrected chi connectivity index (χ0v) is 17.9. The molecule has 2 aromatic carbocycles. The lowest BCUT2D eigenvalue weighted by atomic mass is 10.1. The van der Waals surface area contributed by atoms with Crippen molar-refractivity contribution in [2.45, 2.75) is 30.8 Å². The van der Waals surface area contributed by atoms with Crippen LogP contribution in [0.4, 0.5) is 0 Å². The topological polar surface area (TPSA) is 66.2 Å². The molecule has 0 spiro atoms. The summed E-state index contributed by atoms with van der Waals surface area (Å²) in [4.78, 5) is 12.9. The number of hydrogen-bond donors (Lipinski definition) is 0. The van der Waals surface area contributed by atoms with E-state index in [1.54, 1.807) is 38.5 Å². The van der Waals surface area contributed by atoms with Gasteiger partial charge in [0.05, 0.1) is 25.5 Å². The molecule has 3 aromatic rings. The van der Waals surface area contributed by atoms with Gasteiger partial charge in [-0.05, 0) is 44.2 Å². The number of methoxy groups -OCH3 is 2. The maximum atomic E-state index is 12.9. The summed E-state index contributed by atoms with van der Waals surface area (Å²) < 4.78 is 12.4. The number of aryl methyl sites for hydroxylation is 1. The van der Waals surface area contributed by atoms with Crippen molar-refractivity contribution in [1.29, 1.82) is 0 Å². The van der Waals surface area contributed by atoms with E-state index in [1.807, 2.05) is 36.6 Å². The van der Waals surface area contributed by atoms with Gasteiger partial charge in [0.2, 0.25) is 0 Å².